The quantitative estimate of drug-likeness (QED) is 0.683. The summed E-state index contributed by atoms with van der Waals surface area (Å²) >= 11 is 0. The lowest BCUT2D eigenvalue weighted by molar-refractivity contribution is 0.309. The summed E-state index contributed by atoms with van der Waals surface area (Å²) < 4.78 is 26.4. The predicted octanol–water partition coefficient (Wildman–Crippen LogP) is 3.35. The first-order chi connectivity index (χ1) is 11.1. The number of aliphatic imine (C=N–C) groups is 1. The smallest absolute Gasteiger partial charge is 0.193 e. The van der Waals surface area contributed by atoms with E-state index in [0.717, 1.165) is 25.1 Å². The van der Waals surface area contributed by atoms with Gasteiger partial charge in [0.25, 0.3) is 0 Å². The zero-order valence-corrected chi connectivity index (χ0v) is 13.7. The molecular formula is C18H25F2N3. The van der Waals surface area contributed by atoms with Crippen LogP contribution in [0.2, 0.25) is 0 Å². The minimum absolute atomic E-state index is 0.503. The Morgan fingerprint density at radius 1 is 1.17 bits per heavy atom. The Morgan fingerprint density at radius 3 is 2.52 bits per heavy atom. The fourth-order valence-electron chi connectivity index (χ4n) is 4.06. The highest BCUT2D eigenvalue weighted by molar-refractivity contribution is 5.80. The van der Waals surface area contributed by atoms with Gasteiger partial charge in [0.15, 0.2) is 5.96 Å². The first-order valence-corrected chi connectivity index (χ1v) is 8.51. The summed E-state index contributed by atoms with van der Waals surface area (Å²) in [6, 6.07) is 3.68. The van der Waals surface area contributed by atoms with Gasteiger partial charge in [-0.15, -0.1) is 0 Å². The van der Waals surface area contributed by atoms with E-state index in [9.17, 15) is 8.78 Å². The van der Waals surface area contributed by atoms with Crippen molar-refractivity contribution in [1.82, 2.24) is 10.2 Å². The van der Waals surface area contributed by atoms with Crippen LogP contribution in [0.25, 0.3) is 0 Å². The molecule has 1 aliphatic heterocycles. The maximum absolute atomic E-state index is 13.2. The van der Waals surface area contributed by atoms with Gasteiger partial charge < -0.3 is 10.2 Å². The van der Waals surface area contributed by atoms with Gasteiger partial charge in [-0.1, -0.05) is 12.8 Å². The van der Waals surface area contributed by atoms with Crippen LogP contribution in [-0.2, 0) is 6.42 Å². The van der Waals surface area contributed by atoms with Crippen molar-refractivity contribution in [2.75, 3.05) is 26.7 Å². The van der Waals surface area contributed by atoms with Gasteiger partial charge in [-0.2, -0.15) is 0 Å². The molecule has 126 valence electrons. The second-order valence-corrected chi connectivity index (χ2v) is 6.88. The molecule has 3 rings (SSSR count). The summed E-state index contributed by atoms with van der Waals surface area (Å²) in [6.45, 7) is 2.76. The summed E-state index contributed by atoms with van der Waals surface area (Å²) in [5.41, 5.74) is 1.17. The molecule has 5 heteroatoms. The van der Waals surface area contributed by atoms with E-state index >= 15 is 0 Å². The third kappa shape index (κ3) is 3.82. The number of likely N-dealkylation sites (tertiary alicyclic amines) is 1. The fraction of sp³-hybridized carbons (Fsp3) is 0.611. The van der Waals surface area contributed by atoms with E-state index in [1.807, 2.05) is 0 Å². The van der Waals surface area contributed by atoms with E-state index in [-0.39, 0.29) is 0 Å². The molecule has 0 aromatic heterocycles. The lowest BCUT2D eigenvalue weighted by Gasteiger charge is -2.26. The van der Waals surface area contributed by atoms with Crippen LogP contribution in [0.1, 0.15) is 37.7 Å². The molecule has 1 aromatic carbocycles. The minimum Gasteiger partial charge on any atom is -0.356 e. The van der Waals surface area contributed by atoms with Crippen molar-refractivity contribution < 1.29 is 8.78 Å². The van der Waals surface area contributed by atoms with Crippen molar-refractivity contribution >= 4 is 5.96 Å². The van der Waals surface area contributed by atoms with E-state index in [1.54, 1.807) is 7.05 Å². The third-order valence-electron chi connectivity index (χ3n) is 5.23. The molecule has 0 atom stereocenters. The monoisotopic (exact) mass is 321 g/mol. The van der Waals surface area contributed by atoms with E-state index in [2.05, 4.69) is 15.2 Å². The highest BCUT2D eigenvalue weighted by atomic mass is 19.1. The molecule has 1 aliphatic carbocycles. The Kier molecular flexibility index (Phi) is 4.83. The first kappa shape index (κ1) is 16.2. The molecular weight excluding hydrogens is 296 g/mol. The Hall–Kier alpha value is -1.65. The van der Waals surface area contributed by atoms with Crippen molar-refractivity contribution in [1.29, 1.82) is 0 Å². The maximum Gasteiger partial charge on any atom is 0.193 e. The fourth-order valence-corrected chi connectivity index (χ4v) is 4.06. The van der Waals surface area contributed by atoms with Gasteiger partial charge in [0.2, 0.25) is 0 Å². The average Bonchev–Trinajstić information content (AvgIpc) is 3.13. The Bertz CT molecular complexity index is 559. The Morgan fingerprint density at radius 2 is 1.87 bits per heavy atom. The van der Waals surface area contributed by atoms with Crippen molar-refractivity contribution in [3.8, 4) is 0 Å². The van der Waals surface area contributed by atoms with E-state index in [1.165, 1.54) is 44.2 Å². The van der Waals surface area contributed by atoms with Crippen LogP contribution in [0.5, 0.6) is 0 Å². The second kappa shape index (κ2) is 6.85. The predicted molar refractivity (Wildman–Crippen MR) is 88.5 cm³/mol. The summed E-state index contributed by atoms with van der Waals surface area (Å²) in [5, 5.41) is 3.34. The van der Waals surface area contributed by atoms with Gasteiger partial charge in [0.05, 0.1) is 0 Å². The highest BCUT2D eigenvalue weighted by Gasteiger charge is 2.40. The number of nitrogens with zero attached hydrogens (tertiary/aromatic N) is 2. The molecule has 1 N–H and O–H groups in total. The number of hydrogen-bond donors (Lipinski definition) is 1. The van der Waals surface area contributed by atoms with Crippen molar-refractivity contribution in [2.24, 2.45) is 10.4 Å². The zero-order valence-electron chi connectivity index (χ0n) is 13.7. The molecule has 1 heterocycles. The number of halogens is 2. The van der Waals surface area contributed by atoms with E-state index in [4.69, 9.17) is 0 Å². The lowest BCUT2D eigenvalue weighted by Crippen LogP contribution is -2.41. The standard InChI is InChI=1S/C18H25F2N3/c1-21-17(23-9-7-18(13-23)5-2-3-6-18)22-8-4-14-10-15(19)12-16(20)11-14/h10-12H,2-9,13H2,1H3,(H,21,22). The van der Waals surface area contributed by atoms with Crippen molar-refractivity contribution in [3.05, 3.63) is 35.4 Å². The van der Waals surface area contributed by atoms with Gasteiger partial charge >= 0.3 is 0 Å². The molecule has 1 saturated heterocycles. The average molecular weight is 321 g/mol. The summed E-state index contributed by atoms with van der Waals surface area (Å²) in [4.78, 5) is 6.71. The molecule has 23 heavy (non-hydrogen) atoms. The zero-order chi connectivity index (χ0) is 16.3. The van der Waals surface area contributed by atoms with E-state index in [0.29, 0.717) is 23.9 Å². The van der Waals surface area contributed by atoms with Crippen molar-refractivity contribution in [3.63, 3.8) is 0 Å². The van der Waals surface area contributed by atoms with Crippen LogP contribution in [0.4, 0.5) is 8.78 Å². The molecule has 0 unspecified atom stereocenters. The molecule has 3 nitrogen and oxygen atoms in total. The minimum atomic E-state index is -0.521. The maximum atomic E-state index is 13.2. The lowest BCUT2D eigenvalue weighted by atomic mass is 9.86. The molecule has 0 amide bonds. The molecule has 0 bridgehead atoms. The van der Waals surface area contributed by atoms with Gasteiger partial charge in [-0.25, -0.2) is 8.78 Å². The molecule has 1 saturated carbocycles. The van der Waals surface area contributed by atoms with Crippen LogP contribution in [0, 0.1) is 17.0 Å². The van der Waals surface area contributed by atoms with Crippen LogP contribution >= 0.6 is 0 Å². The van der Waals surface area contributed by atoms with Crippen molar-refractivity contribution in [2.45, 2.75) is 38.5 Å². The molecule has 0 radical (unpaired) electrons. The van der Waals surface area contributed by atoms with Crippen LogP contribution in [0.3, 0.4) is 0 Å². The van der Waals surface area contributed by atoms with Gasteiger partial charge in [0, 0.05) is 32.7 Å². The number of rotatable bonds is 3. The van der Waals surface area contributed by atoms with Crippen LogP contribution in [0.15, 0.2) is 23.2 Å². The SMILES string of the molecule is CN=C(NCCc1cc(F)cc(F)c1)N1CCC2(CCCC2)C1. The largest absolute Gasteiger partial charge is 0.356 e. The number of guanidine groups is 1. The topological polar surface area (TPSA) is 27.6 Å². The molecule has 1 aromatic rings. The molecule has 2 fully saturated rings. The molecule has 1 spiro atoms. The Balaban J connectivity index is 1.52. The van der Waals surface area contributed by atoms with Gasteiger partial charge in [0.1, 0.15) is 11.6 Å². The van der Waals surface area contributed by atoms with E-state index < -0.39 is 11.6 Å². The highest BCUT2D eigenvalue weighted by Crippen LogP contribution is 2.45. The van der Waals surface area contributed by atoms with Crippen LogP contribution < -0.4 is 5.32 Å². The Labute approximate surface area is 136 Å². The van der Waals surface area contributed by atoms with Crippen LogP contribution in [-0.4, -0.2) is 37.5 Å². The molecule has 2 aliphatic rings. The first-order valence-electron chi connectivity index (χ1n) is 8.51. The summed E-state index contributed by atoms with van der Waals surface area (Å²) in [5.74, 6) is -0.134. The summed E-state index contributed by atoms with van der Waals surface area (Å²) in [6.07, 6.45) is 7.21. The number of hydrogen-bond acceptors (Lipinski definition) is 1. The normalized spacial score (nSPS) is 20.5. The second-order valence-electron chi connectivity index (χ2n) is 6.88. The third-order valence-corrected chi connectivity index (χ3v) is 5.23. The van der Waals surface area contributed by atoms with Gasteiger partial charge in [-0.3, -0.25) is 4.99 Å². The number of benzene rings is 1. The van der Waals surface area contributed by atoms with Gasteiger partial charge in [-0.05, 0) is 48.8 Å². The summed E-state index contributed by atoms with van der Waals surface area (Å²) in [7, 11) is 1.80. The number of nitrogens with one attached hydrogen (secondary N) is 1.